The van der Waals surface area contributed by atoms with E-state index in [0.29, 0.717) is 17.5 Å². The smallest absolute Gasteiger partial charge is 0.261 e. The molecule has 2 amide bonds. The van der Waals surface area contributed by atoms with E-state index in [1.165, 1.54) is 4.90 Å². The van der Waals surface area contributed by atoms with Crippen LogP contribution in [0.25, 0.3) is 0 Å². The van der Waals surface area contributed by atoms with Crippen molar-refractivity contribution >= 4 is 11.8 Å². The van der Waals surface area contributed by atoms with Crippen LogP contribution in [0.5, 0.6) is 0 Å². The highest BCUT2D eigenvalue weighted by Crippen LogP contribution is 2.22. The molecule has 5 heteroatoms. The van der Waals surface area contributed by atoms with Gasteiger partial charge in [0.1, 0.15) is 0 Å². The molecule has 2 aromatic rings. The highest BCUT2D eigenvalue weighted by Gasteiger charge is 2.35. The van der Waals surface area contributed by atoms with Crippen molar-refractivity contribution in [3.8, 4) is 0 Å². The van der Waals surface area contributed by atoms with Crippen LogP contribution in [-0.2, 0) is 6.42 Å². The van der Waals surface area contributed by atoms with E-state index < -0.39 is 0 Å². The summed E-state index contributed by atoms with van der Waals surface area (Å²) in [6.07, 6.45) is 4.00. The van der Waals surface area contributed by atoms with Crippen LogP contribution in [0, 0.1) is 0 Å². The fraction of sp³-hybridized carbons (Fsp3) is 0.188. The van der Waals surface area contributed by atoms with E-state index in [0.717, 1.165) is 5.56 Å². The summed E-state index contributed by atoms with van der Waals surface area (Å²) in [5, 5.41) is 0. The zero-order valence-electron chi connectivity index (χ0n) is 11.4. The quantitative estimate of drug-likeness (QED) is 0.856. The summed E-state index contributed by atoms with van der Waals surface area (Å²) in [5.74, 6) is -0.533. The topological polar surface area (TPSA) is 76.3 Å². The van der Waals surface area contributed by atoms with Gasteiger partial charge in [0, 0.05) is 25.0 Å². The molecule has 1 aliphatic heterocycles. The maximum absolute atomic E-state index is 12.2. The molecule has 1 atom stereocenters. The molecular weight excluding hydrogens is 266 g/mol. The molecule has 0 fully saturated rings. The molecule has 0 aliphatic carbocycles. The SMILES string of the molecule is N[C@@H](Cc1cccnc1)CN1C(=O)c2ccccc2C1=O. The van der Waals surface area contributed by atoms with Gasteiger partial charge in [-0.2, -0.15) is 0 Å². The summed E-state index contributed by atoms with van der Waals surface area (Å²) in [6, 6.07) is 10.3. The van der Waals surface area contributed by atoms with E-state index in [9.17, 15) is 9.59 Å². The lowest BCUT2D eigenvalue weighted by molar-refractivity contribution is 0.0644. The zero-order valence-corrected chi connectivity index (χ0v) is 11.4. The number of fused-ring (bicyclic) bond motifs is 1. The van der Waals surface area contributed by atoms with E-state index in [2.05, 4.69) is 4.98 Å². The van der Waals surface area contributed by atoms with Crippen LogP contribution in [0.1, 0.15) is 26.3 Å². The summed E-state index contributed by atoms with van der Waals surface area (Å²) in [5.41, 5.74) is 7.97. The van der Waals surface area contributed by atoms with Crippen LogP contribution in [0.2, 0.25) is 0 Å². The number of carbonyl (C=O) groups is 2. The Kier molecular flexibility index (Phi) is 3.50. The fourth-order valence-electron chi connectivity index (χ4n) is 2.53. The third-order valence-electron chi connectivity index (χ3n) is 3.52. The molecule has 21 heavy (non-hydrogen) atoms. The largest absolute Gasteiger partial charge is 0.326 e. The Labute approximate surface area is 122 Å². The third kappa shape index (κ3) is 2.55. The van der Waals surface area contributed by atoms with Gasteiger partial charge >= 0.3 is 0 Å². The van der Waals surface area contributed by atoms with Crippen LogP contribution < -0.4 is 5.73 Å². The van der Waals surface area contributed by atoms with Gasteiger partial charge in [0.05, 0.1) is 11.1 Å². The first-order chi connectivity index (χ1) is 10.2. The average Bonchev–Trinajstić information content (AvgIpc) is 2.74. The number of pyridine rings is 1. The highest BCUT2D eigenvalue weighted by atomic mass is 16.2. The fourth-order valence-corrected chi connectivity index (χ4v) is 2.53. The maximum Gasteiger partial charge on any atom is 0.261 e. The molecule has 0 radical (unpaired) electrons. The van der Waals surface area contributed by atoms with Crippen LogP contribution in [0.3, 0.4) is 0 Å². The summed E-state index contributed by atoms with van der Waals surface area (Å²) in [4.78, 5) is 29.7. The van der Waals surface area contributed by atoms with Crippen LogP contribution >= 0.6 is 0 Å². The number of rotatable bonds is 4. The number of nitrogens with two attached hydrogens (primary N) is 1. The lowest BCUT2D eigenvalue weighted by atomic mass is 10.1. The van der Waals surface area contributed by atoms with Crippen molar-refractivity contribution in [3.63, 3.8) is 0 Å². The number of carbonyl (C=O) groups excluding carboxylic acids is 2. The van der Waals surface area contributed by atoms with E-state index >= 15 is 0 Å². The molecular formula is C16H15N3O2. The molecule has 0 saturated carbocycles. The monoisotopic (exact) mass is 281 g/mol. The number of hydrogen-bond donors (Lipinski definition) is 1. The van der Waals surface area contributed by atoms with Crippen molar-refractivity contribution < 1.29 is 9.59 Å². The predicted octanol–water partition coefficient (Wildman–Crippen LogP) is 1.25. The van der Waals surface area contributed by atoms with Gasteiger partial charge in [0.2, 0.25) is 0 Å². The van der Waals surface area contributed by atoms with Crippen LogP contribution in [-0.4, -0.2) is 34.3 Å². The molecule has 0 bridgehead atoms. The van der Waals surface area contributed by atoms with Crippen molar-refractivity contribution in [2.45, 2.75) is 12.5 Å². The number of imide groups is 1. The number of hydrogen-bond acceptors (Lipinski definition) is 4. The molecule has 1 aromatic carbocycles. The van der Waals surface area contributed by atoms with Gasteiger partial charge in [-0.25, -0.2) is 0 Å². The second-order valence-electron chi connectivity index (χ2n) is 5.09. The summed E-state index contributed by atoms with van der Waals surface area (Å²) in [7, 11) is 0. The van der Waals surface area contributed by atoms with Crippen LogP contribution in [0.4, 0.5) is 0 Å². The van der Waals surface area contributed by atoms with Crippen molar-refractivity contribution in [3.05, 3.63) is 65.5 Å². The van der Waals surface area contributed by atoms with E-state index in [4.69, 9.17) is 5.73 Å². The Balaban J connectivity index is 1.72. The van der Waals surface area contributed by atoms with Crippen molar-refractivity contribution in [1.82, 2.24) is 9.88 Å². The van der Waals surface area contributed by atoms with Gasteiger partial charge in [0.25, 0.3) is 11.8 Å². The summed E-state index contributed by atoms with van der Waals surface area (Å²) in [6.45, 7) is 0.210. The number of nitrogens with zero attached hydrogens (tertiary/aromatic N) is 2. The Morgan fingerprint density at radius 1 is 1.05 bits per heavy atom. The standard InChI is InChI=1S/C16H15N3O2/c17-12(8-11-4-3-7-18-9-11)10-19-15(20)13-5-1-2-6-14(13)16(19)21/h1-7,9,12H,8,10,17H2/t12-/m0/s1. The van der Waals surface area contributed by atoms with E-state index in [-0.39, 0.29) is 24.4 Å². The molecule has 1 aliphatic rings. The normalized spacial score (nSPS) is 15.2. The Bertz CT molecular complexity index is 650. The van der Waals surface area contributed by atoms with Gasteiger partial charge in [-0.15, -0.1) is 0 Å². The van der Waals surface area contributed by atoms with E-state index in [1.54, 1.807) is 36.7 Å². The number of benzene rings is 1. The molecule has 0 saturated heterocycles. The molecule has 0 spiro atoms. The Morgan fingerprint density at radius 3 is 2.29 bits per heavy atom. The molecule has 2 N–H and O–H groups in total. The van der Waals surface area contributed by atoms with Gasteiger partial charge < -0.3 is 5.73 Å². The van der Waals surface area contributed by atoms with Crippen molar-refractivity contribution in [2.24, 2.45) is 5.73 Å². The molecule has 3 rings (SSSR count). The Hall–Kier alpha value is -2.53. The molecule has 0 unspecified atom stereocenters. The van der Waals surface area contributed by atoms with E-state index in [1.807, 2.05) is 12.1 Å². The Morgan fingerprint density at radius 2 is 1.71 bits per heavy atom. The van der Waals surface area contributed by atoms with Gasteiger partial charge in [-0.3, -0.25) is 19.5 Å². The van der Waals surface area contributed by atoms with Gasteiger partial charge in [0.15, 0.2) is 0 Å². The van der Waals surface area contributed by atoms with Crippen molar-refractivity contribution in [2.75, 3.05) is 6.54 Å². The third-order valence-corrected chi connectivity index (χ3v) is 3.52. The summed E-state index contributed by atoms with van der Waals surface area (Å²) >= 11 is 0. The molecule has 2 heterocycles. The summed E-state index contributed by atoms with van der Waals surface area (Å²) < 4.78 is 0. The average molecular weight is 281 g/mol. The second-order valence-corrected chi connectivity index (χ2v) is 5.09. The van der Waals surface area contributed by atoms with Crippen molar-refractivity contribution in [1.29, 1.82) is 0 Å². The van der Waals surface area contributed by atoms with Gasteiger partial charge in [-0.1, -0.05) is 18.2 Å². The predicted molar refractivity (Wildman–Crippen MR) is 77.7 cm³/mol. The first-order valence-corrected chi connectivity index (χ1v) is 6.76. The van der Waals surface area contributed by atoms with Crippen LogP contribution in [0.15, 0.2) is 48.8 Å². The molecule has 1 aromatic heterocycles. The first-order valence-electron chi connectivity index (χ1n) is 6.76. The first kappa shape index (κ1) is 13.5. The second kappa shape index (κ2) is 5.46. The highest BCUT2D eigenvalue weighted by molar-refractivity contribution is 6.21. The lowest BCUT2D eigenvalue weighted by Crippen LogP contribution is -2.41. The molecule has 5 nitrogen and oxygen atoms in total. The maximum atomic E-state index is 12.2. The molecule has 106 valence electrons. The minimum Gasteiger partial charge on any atom is -0.326 e. The number of aromatic nitrogens is 1. The zero-order chi connectivity index (χ0) is 14.8. The van der Waals surface area contributed by atoms with Gasteiger partial charge in [-0.05, 0) is 30.2 Å². The number of amides is 2. The lowest BCUT2D eigenvalue weighted by Gasteiger charge is -2.19. The minimum atomic E-state index is -0.309. The minimum absolute atomic E-state index is 0.210.